The zero-order valence-electron chi connectivity index (χ0n) is 9.52. The van der Waals surface area contributed by atoms with E-state index >= 15 is 0 Å². The highest BCUT2D eigenvalue weighted by Crippen LogP contribution is 2.26. The molecule has 1 fully saturated rings. The largest absolute Gasteiger partial charge is 0.328 e. The highest BCUT2D eigenvalue weighted by molar-refractivity contribution is 5.00. The molecule has 2 atom stereocenters. The van der Waals surface area contributed by atoms with Gasteiger partial charge in [-0.15, -0.1) is 0 Å². The summed E-state index contributed by atoms with van der Waals surface area (Å²) in [4.78, 5) is 0. The molecule has 15 heavy (non-hydrogen) atoms. The van der Waals surface area contributed by atoms with E-state index in [1.807, 2.05) is 17.9 Å². The van der Waals surface area contributed by atoms with Crippen LogP contribution in [0.2, 0.25) is 0 Å². The summed E-state index contributed by atoms with van der Waals surface area (Å²) in [6.45, 7) is 0. The maximum Gasteiger partial charge on any atom is 0.0492 e. The molecule has 1 heterocycles. The van der Waals surface area contributed by atoms with Gasteiger partial charge in [-0.25, -0.2) is 0 Å². The lowest BCUT2D eigenvalue weighted by Crippen LogP contribution is -2.28. The Balaban J connectivity index is 1.80. The number of nitrogens with two attached hydrogens (primary N) is 1. The van der Waals surface area contributed by atoms with E-state index in [-0.39, 0.29) is 0 Å². The summed E-state index contributed by atoms with van der Waals surface area (Å²) >= 11 is 0. The Bertz CT molecular complexity index is 306. The standard InChI is InChI=1S/C12H21N3/c1-15-12(7-8-14-15)6-5-10-3-2-4-11(13)9-10/h7-8,10-11H,2-6,9,13H2,1H3. The first-order valence-corrected chi connectivity index (χ1v) is 5.98. The average molecular weight is 207 g/mol. The summed E-state index contributed by atoms with van der Waals surface area (Å²) in [6.07, 6.45) is 9.42. The van der Waals surface area contributed by atoms with Crippen LogP contribution in [0.15, 0.2) is 12.3 Å². The summed E-state index contributed by atoms with van der Waals surface area (Å²) in [5.41, 5.74) is 7.33. The Kier molecular flexibility index (Phi) is 3.41. The van der Waals surface area contributed by atoms with Crippen molar-refractivity contribution in [2.75, 3.05) is 0 Å². The van der Waals surface area contributed by atoms with Gasteiger partial charge in [0.15, 0.2) is 0 Å². The first-order chi connectivity index (χ1) is 7.25. The van der Waals surface area contributed by atoms with Crippen molar-refractivity contribution in [2.24, 2.45) is 18.7 Å². The monoisotopic (exact) mass is 207 g/mol. The van der Waals surface area contributed by atoms with Gasteiger partial charge in [0.2, 0.25) is 0 Å². The summed E-state index contributed by atoms with van der Waals surface area (Å²) in [7, 11) is 2.02. The maximum atomic E-state index is 5.99. The summed E-state index contributed by atoms with van der Waals surface area (Å²) in [5, 5.41) is 4.19. The number of aromatic nitrogens is 2. The number of rotatable bonds is 3. The molecular formula is C12H21N3. The third kappa shape index (κ3) is 2.81. The molecule has 1 aliphatic carbocycles. The minimum absolute atomic E-state index is 0.454. The normalized spacial score (nSPS) is 26.8. The predicted molar refractivity (Wildman–Crippen MR) is 61.5 cm³/mol. The van der Waals surface area contributed by atoms with Gasteiger partial charge in [0.05, 0.1) is 0 Å². The van der Waals surface area contributed by atoms with Gasteiger partial charge in [-0.1, -0.05) is 12.8 Å². The van der Waals surface area contributed by atoms with E-state index in [2.05, 4.69) is 11.2 Å². The minimum atomic E-state index is 0.454. The second-order valence-electron chi connectivity index (χ2n) is 4.78. The Labute approximate surface area is 91.7 Å². The Morgan fingerprint density at radius 2 is 2.40 bits per heavy atom. The molecule has 2 N–H and O–H groups in total. The van der Waals surface area contributed by atoms with Gasteiger partial charge in [0.25, 0.3) is 0 Å². The molecule has 0 amide bonds. The molecule has 0 saturated heterocycles. The SMILES string of the molecule is Cn1nccc1CCC1CCCC(N)C1. The molecule has 0 bridgehead atoms. The second kappa shape index (κ2) is 4.79. The molecule has 0 aliphatic heterocycles. The Morgan fingerprint density at radius 1 is 1.53 bits per heavy atom. The molecule has 0 radical (unpaired) electrons. The Morgan fingerprint density at radius 3 is 3.07 bits per heavy atom. The highest BCUT2D eigenvalue weighted by Gasteiger charge is 2.19. The molecule has 2 rings (SSSR count). The van der Waals surface area contributed by atoms with Crippen LogP contribution in [0.1, 0.15) is 37.8 Å². The van der Waals surface area contributed by atoms with Gasteiger partial charge in [-0.3, -0.25) is 4.68 Å². The fourth-order valence-electron chi connectivity index (χ4n) is 2.59. The smallest absolute Gasteiger partial charge is 0.0492 e. The average Bonchev–Trinajstić information content (AvgIpc) is 2.61. The van der Waals surface area contributed by atoms with Crippen molar-refractivity contribution in [1.29, 1.82) is 0 Å². The summed E-state index contributed by atoms with van der Waals surface area (Å²) < 4.78 is 1.97. The molecule has 0 aromatic carbocycles. The van der Waals surface area contributed by atoms with Crippen LogP contribution in [-0.4, -0.2) is 15.8 Å². The molecule has 3 nitrogen and oxygen atoms in total. The topological polar surface area (TPSA) is 43.8 Å². The lowest BCUT2D eigenvalue weighted by Gasteiger charge is -2.26. The second-order valence-corrected chi connectivity index (χ2v) is 4.78. The van der Waals surface area contributed by atoms with Crippen LogP contribution in [0.3, 0.4) is 0 Å². The van der Waals surface area contributed by atoms with Gasteiger partial charge in [-0.2, -0.15) is 5.10 Å². The van der Waals surface area contributed by atoms with Gasteiger partial charge in [-0.05, 0) is 37.7 Å². The molecule has 84 valence electrons. The van der Waals surface area contributed by atoms with Gasteiger partial charge >= 0.3 is 0 Å². The van der Waals surface area contributed by atoms with Crippen LogP contribution < -0.4 is 5.73 Å². The fourth-order valence-corrected chi connectivity index (χ4v) is 2.59. The lowest BCUT2D eigenvalue weighted by molar-refractivity contribution is 0.305. The van der Waals surface area contributed by atoms with E-state index in [0.29, 0.717) is 6.04 Å². The zero-order valence-corrected chi connectivity index (χ0v) is 9.52. The lowest BCUT2D eigenvalue weighted by atomic mass is 9.83. The third-order valence-electron chi connectivity index (χ3n) is 3.55. The molecule has 3 heteroatoms. The summed E-state index contributed by atoms with van der Waals surface area (Å²) in [6, 6.07) is 2.57. The quantitative estimate of drug-likeness (QED) is 0.822. The van der Waals surface area contributed by atoms with Crippen molar-refractivity contribution in [3.8, 4) is 0 Å². The van der Waals surface area contributed by atoms with Gasteiger partial charge < -0.3 is 5.73 Å². The van der Waals surface area contributed by atoms with Crippen LogP contribution in [-0.2, 0) is 13.5 Å². The molecule has 0 spiro atoms. The van der Waals surface area contributed by atoms with E-state index in [9.17, 15) is 0 Å². The third-order valence-corrected chi connectivity index (χ3v) is 3.55. The van der Waals surface area contributed by atoms with Crippen molar-refractivity contribution in [1.82, 2.24) is 9.78 Å². The fraction of sp³-hybridized carbons (Fsp3) is 0.750. The molecule has 2 unspecified atom stereocenters. The first kappa shape index (κ1) is 10.7. The number of aryl methyl sites for hydroxylation is 2. The summed E-state index contributed by atoms with van der Waals surface area (Å²) in [5.74, 6) is 0.837. The van der Waals surface area contributed by atoms with Crippen LogP contribution >= 0.6 is 0 Å². The van der Waals surface area contributed by atoms with Crippen LogP contribution in [0.25, 0.3) is 0 Å². The maximum absolute atomic E-state index is 5.99. The molecule has 1 aliphatic rings. The number of hydrogen-bond acceptors (Lipinski definition) is 2. The number of hydrogen-bond donors (Lipinski definition) is 1. The predicted octanol–water partition coefficient (Wildman–Crippen LogP) is 1.87. The molecular weight excluding hydrogens is 186 g/mol. The van der Waals surface area contributed by atoms with E-state index in [1.54, 1.807) is 0 Å². The van der Waals surface area contributed by atoms with Crippen LogP contribution in [0.5, 0.6) is 0 Å². The van der Waals surface area contributed by atoms with E-state index < -0.39 is 0 Å². The van der Waals surface area contributed by atoms with Crippen molar-refractivity contribution in [3.63, 3.8) is 0 Å². The molecule has 1 aromatic rings. The molecule has 1 saturated carbocycles. The minimum Gasteiger partial charge on any atom is -0.328 e. The molecule has 1 aromatic heterocycles. The first-order valence-electron chi connectivity index (χ1n) is 5.98. The van der Waals surface area contributed by atoms with Crippen LogP contribution in [0, 0.1) is 5.92 Å². The van der Waals surface area contributed by atoms with Crippen molar-refractivity contribution >= 4 is 0 Å². The van der Waals surface area contributed by atoms with Crippen LogP contribution in [0.4, 0.5) is 0 Å². The van der Waals surface area contributed by atoms with Crippen molar-refractivity contribution in [3.05, 3.63) is 18.0 Å². The van der Waals surface area contributed by atoms with E-state index in [4.69, 9.17) is 5.73 Å². The van der Waals surface area contributed by atoms with Gasteiger partial charge in [0.1, 0.15) is 0 Å². The van der Waals surface area contributed by atoms with E-state index in [1.165, 1.54) is 37.8 Å². The van der Waals surface area contributed by atoms with Crippen molar-refractivity contribution in [2.45, 2.75) is 44.6 Å². The zero-order chi connectivity index (χ0) is 10.7. The van der Waals surface area contributed by atoms with E-state index in [0.717, 1.165) is 12.3 Å². The van der Waals surface area contributed by atoms with Crippen molar-refractivity contribution < 1.29 is 0 Å². The number of nitrogens with zero attached hydrogens (tertiary/aromatic N) is 2. The van der Waals surface area contributed by atoms with Gasteiger partial charge in [0, 0.05) is 25.0 Å². The highest BCUT2D eigenvalue weighted by atomic mass is 15.2. The Hall–Kier alpha value is -0.830.